The molecule has 0 aliphatic carbocycles. The lowest BCUT2D eigenvalue weighted by Crippen LogP contribution is -2.24. The Balaban J connectivity index is 2.93. The van der Waals surface area contributed by atoms with Crippen LogP contribution in [0.15, 0.2) is 12.3 Å². The molecule has 0 spiro atoms. The van der Waals surface area contributed by atoms with Crippen LogP contribution >= 0.6 is 11.6 Å². The second-order valence-corrected chi connectivity index (χ2v) is 4.27. The number of carbonyl (C=O) groups excluding carboxylic acids is 1. The highest BCUT2D eigenvalue weighted by molar-refractivity contribution is 6.30. The Morgan fingerprint density at radius 3 is 2.80 bits per heavy atom. The Kier molecular flexibility index (Phi) is 5.81. The van der Waals surface area contributed by atoms with Crippen molar-refractivity contribution in [1.29, 1.82) is 0 Å². The van der Waals surface area contributed by atoms with Gasteiger partial charge in [0.25, 0.3) is 5.69 Å². The van der Waals surface area contributed by atoms with E-state index in [9.17, 15) is 25.1 Å². The zero-order valence-corrected chi connectivity index (χ0v) is 11.3. The molecule has 0 bridgehead atoms. The van der Waals surface area contributed by atoms with Gasteiger partial charge in [-0.25, -0.2) is 4.98 Å². The van der Waals surface area contributed by atoms with E-state index in [-0.39, 0.29) is 17.3 Å². The van der Waals surface area contributed by atoms with Crippen LogP contribution < -0.4 is 0 Å². The van der Waals surface area contributed by atoms with Gasteiger partial charge in [0.15, 0.2) is 0 Å². The SMILES string of the molecule is CCOC(=O)CC(O)C(O)c1ncc(Cl)cc1[N+](=O)[O-]. The van der Waals surface area contributed by atoms with Crippen LogP contribution in [0.3, 0.4) is 0 Å². The van der Waals surface area contributed by atoms with Gasteiger partial charge in [-0.15, -0.1) is 0 Å². The number of aliphatic hydroxyl groups is 2. The summed E-state index contributed by atoms with van der Waals surface area (Å²) in [7, 11) is 0. The normalized spacial score (nSPS) is 13.6. The summed E-state index contributed by atoms with van der Waals surface area (Å²) in [6.07, 6.45) is -2.67. The van der Waals surface area contributed by atoms with Crippen molar-refractivity contribution < 1.29 is 24.7 Å². The molecule has 20 heavy (non-hydrogen) atoms. The first-order chi connectivity index (χ1) is 9.36. The molecular weight excluding hydrogens is 292 g/mol. The van der Waals surface area contributed by atoms with Crippen LogP contribution in [0.1, 0.15) is 25.1 Å². The third kappa shape index (κ3) is 4.12. The van der Waals surface area contributed by atoms with Gasteiger partial charge in [-0.2, -0.15) is 0 Å². The Morgan fingerprint density at radius 1 is 1.60 bits per heavy atom. The van der Waals surface area contributed by atoms with Gasteiger partial charge in [-0.1, -0.05) is 11.6 Å². The molecule has 8 nitrogen and oxygen atoms in total. The predicted molar refractivity (Wildman–Crippen MR) is 68.1 cm³/mol. The maximum Gasteiger partial charge on any atom is 0.308 e. The van der Waals surface area contributed by atoms with Crippen LogP contribution in [-0.4, -0.2) is 38.8 Å². The molecule has 110 valence electrons. The molecule has 0 saturated carbocycles. The number of nitro groups is 1. The molecule has 1 rings (SSSR count). The van der Waals surface area contributed by atoms with E-state index in [4.69, 9.17) is 11.6 Å². The van der Waals surface area contributed by atoms with Crippen molar-refractivity contribution in [2.75, 3.05) is 6.61 Å². The average molecular weight is 305 g/mol. The first kappa shape index (κ1) is 16.3. The number of pyridine rings is 1. The van der Waals surface area contributed by atoms with Crippen molar-refractivity contribution >= 4 is 23.3 Å². The topological polar surface area (TPSA) is 123 Å². The highest BCUT2D eigenvalue weighted by Crippen LogP contribution is 2.28. The van der Waals surface area contributed by atoms with Crippen LogP contribution in [0.4, 0.5) is 5.69 Å². The van der Waals surface area contributed by atoms with Gasteiger partial charge in [0.1, 0.15) is 11.8 Å². The highest BCUT2D eigenvalue weighted by Gasteiger charge is 2.30. The quantitative estimate of drug-likeness (QED) is 0.456. The smallest absolute Gasteiger partial charge is 0.308 e. The van der Waals surface area contributed by atoms with Crippen LogP contribution in [-0.2, 0) is 9.53 Å². The van der Waals surface area contributed by atoms with Crippen molar-refractivity contribution in [2.45, 2.75) is 25.6 Å². The molecule has 0 aromatic carbocycles. The van der Waals surface area contributed by atoms with E-state index in [1.54, 1.807) is 6.92 Å². The lowest BCUT2D eigenvalue weighted by Gasteiger charge is -2.16. The zero-order chi connectivity index (χ0) is 15.3. The molecule has 0 aliphatic heterocycles. The summed E-state index contributed by atoms with van der Waals surface area (Å²) in [5, 5.41) is 30.4. The standard InChI is InChI=1S/C11H13ClN2O6/c1-2-20-9(16)4-8(15)11(17)10-7(14(18)19)3-6(12)5-13-10/h3,5,8,11,15,17H,2,4H2,1H3. The summed E-state index contributed by atoms with van der Waals surface area (Å²) >= 11 is 5.59. The number of carbonyl (C=O) groups is 1. The van der Waals surface area contributed by atoms with Crippen LogP contribution in [0.25, 0.3) is 0 Å². The molecule has 1 aromatic heterocycles. The predicted octanol–water partition coefficient (Wildman–Crippen LogP) is 0.991. The van der Waals surface area contributed by atoms with E-state index in [0.717, 1.165) is 12.3 Å². The highest BCUT2D eigenvalue weighted by atomic mass is 35.5. The Morgan fingerprint density at radius 2 is 2.25 bits per heavy atom. The number of ether oxygens (including phenoxy) is 1. The third-order valence-electron chi connectivity index (χ3n) is 2.39. The number of esters is 1. The number of halogens is 1. The maximum absolute atomic E-state index is 11.2. The second kappa shape index (κ2) is 7.13. The lowest BCUT2D eigenvalue weighted by molar-refractivity contribution is -0.386. The number of rotatable bonds is 6. The maximum atomic E-state index is 11.2. The molecule has 2 atom stereocenters. The summed E-state index contributed by atoms with van der Waals surface area (Å²) in [6.45, 7) is 1.72. The number of hydrogen-bond acceptors (Lipinski definition) is 7. The van der Waals surface area contributed by atoms with Crippen molar-refractivity contribution in [2.24, 2.45) is 0 Å². The monoisotopic (exact) mass is 304 g/mol. The van der Waals surface area contributed by atoms with E-state index >= 15 is 0 Å². The number of aromatic nitrogens is 1. The molecule has 0 saturated heterocycles. The van der Waals surface area contributed by atoms with E-state index in [1.165, 1.54) is 0 Å². The van der Waals surface area contributed by atoms with Crippen LogP contribution in [0.2, 0.25) is 5.02 Å². The molecule has 0 radical (unpaired) electrons. The third-order valence-corrected chi connectivity index (χ3v) is 2.59. The molecule has 1 heterocycles. The Bertz CT molecular complexity index is 510. The minimum absolute atomic E-state index is 0.0209. The average Bonchev–Trinajstić information content (AvgIpc) is 2.37. The van der Waals surface area contributed by atoms with Gasteiger partial charge in [-0.3, -0.25) is 14.9 Å². The Hall–Kier alpha value is -1.77. The summed E-state index contributed by atoms with van der Waals surface area (Å²) < 4.78 is 4.61. The largest absolute Gasteiger partial charge is 0.466 e. The first-order valence-corrected chi connectivity index (χ1v) is 6.06. The zero-order valence-electron chi connectivity index (χ0n) is 10.5. The molecule has 1 aromatic rings. The lowest BCUT2D eigenvalue weighted by atomic mass is 10.1. The number of aliphatic hydroxyl groups excluding tert-OH is 2. The van der Waals surface area contributed by atoms with Gasteiger partial charge >= 0.3 is 5.97 Å². The van der Waals surface area contributed by atoms with Crippen molar-refractivity contribution in [1.82, 2.24) is 4.98 Å². The summed E-state index contributed by atoms with van der Waals surface area (Å²) in [4.78, 5) is 24.9. The molecule has 0 amide bonds. The van der Waals surface area contributed by atoms with E-state index in [1.807, 2.05) is 0 Å². The minimum Gasteiger partial charge on any atom is -0.466 e. The Labute approximate surface area is 119 Å². The van der Waals surface area contributed by atoms with Gasteiger partial charge in [0.2, 0.25) is 0 Å². The fourth-order valence-electron chi connectivity index (χ4n) is 1.50. The second-order valence-electron chi connectivity index (χ2n) is 3.84. The first-order valence-electron chi connectivity index (χ1n) is 5.68. The molecular formula is C11H13ClN2O6. The van der Waals surface area contributed by atoms with Gasteiger partial charge < -0.3 is 14.9 Å². The van der Waals surface area contributed by atoms with Gasteiger partial charge in [0, 0.05) is 12.3 Å². The van der Waals surface area contributed by atoms with Gasteiger partial charge in [0.05, 0.1) is 29.1 Å². The molecule has 0 fully saturated rings. The van der Waals surface area contributed by atoms with Crippen molar-refractivity contribution in [3.63, 3.8) is 0 Å². The van der Waals surface area contributed by atoms with Crippen LogP contribution in [0, 0.1) is 10.1 Å². The molecule has 0 aliphatic rings. The molecule has 2 unspecified atom stereocenters. The summed E-state index contributed by atoms with van der Waals surface area (Å²) in [6, 6.07) is 1.00. The summed E-state index contributed by atoms with van der Waals surface area (Å²) in [5.74, 6) is -0.726. The number of hydrogen-bond donors (Lipinski definition) is 2. The molecule has 2 N–H and O–H groups in total. The van der Waals surface area contributed by atoms with E-state index in [0.29, 0.717) is 0 Å². The fraction of sp³-hybridized carbons (Fsp3) is 0.455. The summed E-state index contributed by atoms with van der Waals surface area (Å²) in [5.41, 5.74) is -0.899. The van der Waals surface area contributed by atoms with Crippen molar-refractivity contribution in [3.05, 3.63) is 33.1 Å². The fourth-order valence-corrected chi connectivity index (χ4v) is 1.65. The van der Waals surface area contributed by atoms with Gasteiger partial charge in [-0.05, 0) is 6.92 Å². The minimum atomic E-state index is -1.70. The van der Waals surface area contributed by atoms with E-state index in [2.05, 4.69) is 9.72 Å². The van der Waals surface area contributed by atoms with E-state index < -0.39 is 35.2 Å². The van der Waals surface area contributed by atoms with Crippen LogP contribution in [0.5, 0.6) is 0 Å². The number of nitrogens with zero attached hydrogens (tertiary/aromatic N) is 2. The molecule has 9 heteroatoms. The van der Waals surface area contributed by atoms with Crippen molar-refractivity contribution in [3.8, 4) is 0 Å².